The summed E-state index contributed by atoms with van der Waals surface area (Å²) in [6.07, 6.45) is 5.47. The quantitative estimate of drug-likeness (QED) is 0.853. The van der Waals surface area contributed by atoms with E-state index in [1.165, 1.54) is 17.5 Å². The Morgan fingerprint density at radius 2 is 2.04 bits per heavy atom. The van der Waals surface area contributed by atoms with E-state index in [-0.39, 0.29) is 0 Å². The first kappa shape index (κ1) is 17.6. The zero-order valence-corrected chi connectivity index (χ0v) is 15.8. The number of rotatable bonds is 4. The predicted octanol–water partition coefficient (Wildman–Crippen LogP) is 3.22. The molecule has 1 unspecified atom stereocenters. The van der Waals surface area contributed by atoms with E-state index < -0.39 is 0 Å². The van der Waals surface area contributed by atoms with Crippen LogP contribution < -0.4 is 5.32 Å². The summed E-state index contributed by atoms with van der Waals surface area (Å²) in [5.41, 5.74) is 3.23. The molecule has 1 aliphatic heterocycles. The van der Waals surface area contributed by atoms with Crippen LogP contribution in [0.15, 0.2) is 24.3 Å². The molecular weight excluding hydrogens is 326 g/mol. The molecule has 1 N–H and O–H groups in total. The van der Waals surface area contributed by atoms with Gasteiger partial charge in [-0.05, 0) is 59.1 Å². The van der Waals surface area contributed by atoms with Gasteiger partial charge in [0.05, 0.1) is 12.6 Å². The van der Waals surface area contributed by atoms with Crippen molar-refractivity contribution in [1.82, 2.24) is 25.5 Å². The van der Waals surface area contributed by atoms with E-state index >= 15 is 0 Å². The Kier molecular flexibility index (Phi) is 5.05. The van der Waals surface area contributed by atoms with Crippen molar-refractivity contribution in [3.63, 3.8) is 0 Å². The van der Waals surface area contributed by atoms with Crippen molar-refractivity contribution in [2.75, 3.05) is 13.2 Å². The van der Waals surface area contributed by atoms with Crippen LogP contribution in [0.3, 0.4) is 0 Å². The number of fused-ring (bicyclic) bond motifs is 1. The SMILES string of the molecule is CC1(C)CCc2ccccc2C(NCc2nnnn2C2CCOCC2)C1. The molecule has 140 valence electrons. The molecule has 1 fully saturated rings. The molecule has 6 heteroatoms. The highest BCUT2D eigenvalue weighted by Gasteiger charge is 2.29. The molecular formula is C20H29N5O. The molecule has 0 radical (unpaired) electrons. The van der Waals surface area contributed by atoms with Gasteiger partial charge in [-0.3, -0.25) is 0 Å². The zero-order chi connectivity index (χ0) is 18.0. The number of nitrogens with zero attached hydrogens (tertiary/aromatic N) is 4. The molecule has 4 rings (SSSR count). The number of hydrogen-bond donors (Lipinski definition) is 1. The Labute approximate surface area is 155 Å². The standard InChI is InChI=1S/C20H29N5O/c1-20(2)10-7-15-5-3-4-6-17(15)18(13-20)21-14-19-22-23-24-25(19)16-8-11-26-12-9-16/h3-6,16,18,21H,7-14H2,1-2H3. The van der Waals surface area contributed by atoms with Crippen molar-refractivity contribution < 1.29 is 4.74 Å². The summed E-state index contributed by atoms with van der Waals surface area (Å²) in [5.74, 6) is 0.927. The highest BCUT2D eigenvalue weighted by atomic mass is 16.5. The van der Waals surface area contributed by atoms with Crippen molar-refractivity contribution in [1.29, 1.82) is 0 Å². The minimum absolute atomic E-state index is 0.323. The number of nitrogens with one attached hydrogen (secondary N) is 1. The topological polar surface area (TPSA) is 64.9 Å². The maximum absolute atomic E-state index is 5.47. The maximum Gasteiger partial charge on any atom is 0.165 e. The van der Waals surface area contributed by atoms with Crippen molar-refractivity contribution in [2.24, 2.45) is 5.41 Å². The van der Waals surface area contributed by atoms with Gasteiger partial charge in [-0.15, -0.1) is 5.10 Å². The van der Waals surface area contributed by atoms with Gasteiger partial charge in [0.2, 0.25) is 0 Å². The number of aryl methyl sites for hydroxylation is 1. The monoisotopic (exact) mass is 355 g/mol. The first-order valence-corrected chi connectivity index (χ1v) is 9.78. The molecule has 2 heterocycles. The summed E-state index contributed by atoms with van der Waals surface area (Å²) in [5, 5.41) is 16.2. The van der Waals surface area contributed by atoms with E-state index in [4.69, 9.17) is 4.74 Å². The van der Waals surface area contributed by atoms with E-state index in [2.05, 4.69) is 59.0 Å². The maximum atomic E-state index is 5.47. The third kappa shape index (κ3) is 3.81. The van der Waals surface area contributed by atoms with E-state index in [0.29, 0.717) is 24.0 Å². The van der Waals surface area contributed by atoms with Gasteiger partial charge in [0.1, 0.15) is 0 Å². The Hall–Kier alpha value is -1.79. The van der Waals surface area contributed by atoms with Crippen molar-refractivity contribution in [3.8, 4) is 0 Å². The Bertz CT molecular complexity index is 735. The Morgan fingerprint density at radius 3 is 2.88 bits per heavy atom. The van der Waals surface area contributed by atoms with Crippen molar-refractivity contribution in [3.05, 3.63) is 41.2 Å². The summed E-state index contributed by atoms with van der Waals surface area (Å²) >= 11 is 0. The molecule has 1 aromatic heterocycles. The average molecular weight is 355 g/mol. The van der Waals surface area contributed by atoms with Crippen LogP contribution in [0.4, 0.5) is 0 Å². The molecule has 1 aliphatic carbocycles. The van der Waals surface area contributed by atoms with Gasteiger partial charge in [0.15, 0.2) is 5.82 Å². The third-order valence-electron chi connectivity index (χ3n) is 5.86. The lowest BCUT2D eigenvalue weighted by Crippen LogP contribution is -2.28. The minimum Gasteiger partial charge on any atom is -0.381 e. The van der Waals surface area contributed by atoms with Crippen LogP contribution in [0.5, 0.6) is 0 Å². The summed E-state index contributed by atoms with van der Waals surface area (Å²) in [6.45, 7) is 7.03. The van der Waals surface area contributed by atoms with E-state index in [1.807, 2.05) is 4.68 Å². The van der Waals surface area contributed by atoms with Gasteiger partial charge in [0.25, 0.3) is 0 Å². The average Bonchev–Trinajstić information content (AvgIpc) is 3.08. The molecule has 26 heavy (non-hydrogen) atoms. The fourth-order valence-electron chi connectivity index (χ4n) is 4.28. The Morgan fingerprint density at radius 1 is 1.23 bits per heavy atom. The molecule has 0 bridgehead atoms. The second kappa shape index (κ2) is 7.45. The summed E-state index contributed by atoms with van der Waals surface area (Å²) in [6, 6.07) is 9.54. The second-order valence-electron chi connectivity index (χ2n) is 8.38. The van der Waals surface area contributed by atoms with Crippen LogP contribution >= 0.6 is 0 Å². The summed E-state index contributed by atoms with van der Waals surface area (Å²) < 4.78 is 7.47. The number of aromatic nitrogens is 4. The first-order valence-electron chi connectivity index (χ1n) is 9.78. The fourth-order valence-corrected chi connectivity index (χ4v) is 4.28. The largest absolute Gasteiger partial charge is 0.381 e. The lowest BCUT2D eigenvalue weighted by molar-refractivity contribution is 0.0646. The van der Waals surface area contributed by atoms with Crippen LogP contribution in [0.2, 0.25) is 0 Å². The van der Waals surface area contributed by atoms with Gasteiger partial charge in [-0.2, -0.15) is 0 Å². The lowest BCUT2D eigenvalue weighted by atomic mass is 9.83. The smallest absolute Gasteiger partial charge is 0.165 e. The predicted molar refractivity (Wildman–Crippen MR) is 99.6 cm³/mol. The van der Waals surface area contributed by atoms with Crippen LogP contribution in [0.1, 0.15) is 68.6 Å². The molecule has 1 saturated heterocycles. The zero-order valence-electron chi connectivity index (χ0n) is 15.8. The number of ether oxygens (including phenoxy) is 1. The molecule has 2 aromatic rings. The summed E-state index contributed by atoms with van der Waals surface area (Å²) in [7, 11) is 0. The number of benzene rings is 1. The van der Waals surface area contributed by atoms with Crippen molar-refractivity contribution in [2.45, 2.75) is 64.6 Å². The molecule has 1 atom stereocenters. The Balaban J connectivity index is 1.51. The molecule has 6 nitrogen and oxygen atoms in total. The highest BCUT2D eigenvalue weighted by molar-refractivity contribution is 5.31. The van der Waals surface area contributed by atoms with Crippen LogP contribution in [-0.2, 0) is 17.7 Å². The minimum atomic E-state index is 0.323. The third-order valence-corrected chi connectivity index (χ3v) is 5.86. The molecule has 0 spiro atoms. The van der Waals surface area contributed by atoms with E-state index in [0.717, 1.165) is 44.7 Å². The van der Waals surface area contributed by atoms with Crippen molar-refractivity contribution >= 4 is 0 Å². The van der Waals surface area contributed by atoms with Gasteiger partial charge >= 0.3 is 0 Å². The molecule has 2 aliphatic rings. The van der Waals surface area contributed by atoms with Gasteiger partial charge < -0.3 is 10.1 Å². The van der Waals surface area contributed by atoms with Gasteiger partial charge in [-0.1, -0.05) is 38.1 Å². The molecule has 0 amide bonds. The van der Waals surface area contributed by atoms with Gasteiger partial charge in [0, 0.05) is 19.3 Å². The van der Waals surface area contributed by atoms with Crippen LogP contribution in [0.25, 0.3) is 0 Å². The summed E-state index contributed by atoms with van der Waals surface area (Å²) in [4.78, 5) is 0. The first-order chi connectivity index (χ1) is 12.6. The van der Waals surface area contributed by atoms with Crippen LogP contribution in [0, 0.1) is 5.41 Å². The highest BCUT2D eigenvalue weighted by Crippen LogP contribution is 2.39. The van der Waals surface area contributed by atoms with E-state index in [9.17, 15) is 0 Å². The number of hydrogen-bond acceptors (Lipinski definition) is 5. The van der Waals surface area contributed by atoms with Crippen LogP contribution in [-0.4, -0.2) is 33.4 Å². The lowest BCUT2D eigenvalue weighted by Gasteiger charge is -2.28. The molecule has 0 saturated carbocycles. The number of tetrazole rings is 1. The van der Waals surface area contributed by atoms with Gasteiger partial charge in [-0.25, -0.2) is 4.68 Å². The van der Waals surface area contributed by atoms with E-state index in [1.54, 1.807) is 0 Å². The second-order valence-corrected chi connectivity index (χ2v) is 8.38. The fraction of sp³-hybridized carbons (Fsp3) is 0.650. The normalized spacial score (nSPS) is 23.4. The molecule has 1 aromatic carbocycles.